The maximum atomic E-state index is 11.9. The molecular weight excluding hydrogens is 266 g/mol. The molecule has 2 aromatic rings. The molecule has 1 aromatic heterocycles. The molecule has 2 N–H and O–H groups in total. The van der Waals surface area contributed by atoms with Crippen molar-refractivity contribution in [2.75, 3.05) is 31.8 Å². The molecule has 1 amide bonds. The zero-order valence-corrected chi connectivity index (χ0v) is 12.9. The van der Waals surface area contributed by atoms with Crippen LogP contribution in [0.1, 0.15) is 15.9 Å². The van der Waals surface area contributed by atoms with Crippen LogP contribution in [0.4, 0.5) is 11.4 Å². The van der Waals surface area contributed by atoms with E-state index in [4.69, 9.17) is 5.73 Å². The van der Waals surface area contributed by atoms with Crippen molar-refractivity contribution in [2.24, 2.45) is 7.05 Å². The van der Waals surface area contributed by atoms with Gasteiger partial charge in [0.05, 0.1) is 17.6 Å². The van der Waals surface area contributed by atoms with E-state index in [0.29, 0.717) is 17.8 Å². The lowest BCUT2D eigenvalue weighted by molar-refractivity contribution is 0.0827. The molecule has 0 unspecified atom stereocenters. The summed E-state index contributed by atoms with van der Waals surface area (Å²) in [5.74, 6) is -0.0526. The van der Waals surface area contributed by atoms with Crippen LogP contribution in [0.15, 0.2) is 30.6 Å². The van der Waals surface area contributed by atoms with Crippen molar-refractivity contribution < 1.29 is 4.79 Å². The first kappa shape index (κ1) is 14.9. The molecule has 112 valence electrons. The summed E-state index contributed by atoms with van der Waals surface area (Å²) in [7, 11) is 7.30. The van der Waals surface area contributed by atoms with E-state index in [9.17, 15) is 4.79 Å². The fourth-order valence-electron chi connectivity index (χ4n) is 2.21. The normalized spacial score (nSPS) is 10.5. The Morgan fingerprint density at radius 3 is 2.57 bits per heavy atom. The summed E-state index contributed by atoms with van der Waals surface area (Å²) < 4.78 is 1.77. The Morgan fingerprint density at radius 2 is 2.05 bits per heavy atom. The van der Waals surface area contributed by atoms with Crippen LogP contribution in [0, 0.1) is 0 Å². The summed E-state index contributed by atoms with van der Waals surface area (Å²) in [4.78, 5) is 15.5. The molecule has 21 heavy (non-hydrogen) atoms. The second-order valence-corrected chi connectivity index (χ2v) is 5.35. The molecule has 0 saturated heterocycles. The van der Waals surface area contributed by atoms with Gasteiger partial charge in [-0.3, -0.25) is 9.48 Å². The molecule has 6 nitrogen and oxygen atoms in total. The smallest absolute Gasteiger partial charge is 0.253 e. The Hall–Kier alpha value is -2.50. The number of carbonyl (C=O) groups excluding carboxylic acids is 1. The number of amides is 1. The largest absolute Gasteiger partial charge is 0.397 e. The number of aryl methyl sites for hydroxylation is 1. The van der Waals surface area contributed by atoms with E-state index in [-0.39, 0.29) is 5.91 Å². The van der Waals surface area contributed by atoms with Crippen molar-refractivity contribution in [3.63, 3.8) is 0 Å². The van der Waals surface area contributed by atoms with Gasteiger partial charge >= 0.3 is 0 Å². The Bertz CT molecular complexity index is 647. The van der Waals surface area contributed by atoms with Gasteiger partial charge in [0.1, 0.15) is 0 Å². The van der Waals surface area contributed by atoms with E-state index >= 15 is 0 Å². The van der Waals surface area contributed by atoms with E-state index in [1.165, 1.54) is 4.90 Å². The SMILES string of the molecule is CN(C)C(=O)c1ccc(N(C)Cc2cnn(C)c2)c(N)c1. The third-order valence-electron chi connectivity index (χ3n) is 3.27. The summed E-state index contributed by atoms with van der Waals surface area (Å²) in [6.45, 7) is 0.707. The highest BCUT2D eigenvalue weighted by atomic mass is 16.2. The van der Waals surface area contributed by atoms with E-state index in [1.807, 2.05) is 37.5 Å². The predicted molar refractivity (Wildman–Crippen MR) is 84.2 cm³/mol. The van der Waals surface area contributed by atoms with Crippen molar-refractivity contribution in [3.05, 3.63) is 41.7 Å². The lowest BCUT2D eigenvalue weighted by atomic mass is 10.1. The lowest BCUT2D eigenvalue weighted by Crippen LogP contribution is -2.22. The minimum atomic E-state index is -0.0526. The Balaban J connectivity index is 2.18. The zero-order valence-electron chi connectivity index (χ0n) is 12.9. The summed E-state index contributed by atoms with van der Waals surface area (Å²) >= 11 is 0. The molecule has 0 saturated carbocycles. The molecule has 0 fully saturated rings. The number of carbonyl (C=O) groups is 1. The van der Waals surface area contributed by atoms with E-state index < -0.39 is 0 Å². The van der Waals surface area contributed by atoms with Crippen LogP contribution in [-0.4, -0.2) is 41.7 Å². The zero-order chi connectivity index (χ0) is 15.6. The number of rotatable bonds is 4. The third kappa shape index (κ3) is 3.34. The Kier molecular flexibility index (Phi) is 4.16. The average Bonchev–Trinajstić information content (AvgIpc) is 2.82. The van der Waals surface area contributed by atoms with Gasteiger partial charge in [-0.05, 0) is 18.2 Å². The van der Waals surface area contributed by atoms with Gasteiger partial charge in [0.2, 0.25) is 0 Å². The summed E-state index contributed by atoms with van der Waals surface area (Å²) in [6, 6.07) is 5.40. The van der Waals surface area contributed by atoms with Crippen molar-refractivity contribution in [1.82, 2.24) is 14.7 Å². The van der Waals surface area contributed by atoms with Crippen LogP contribution in [0.3, 0.4) is 0 Å². The first-order valence-corrected chi connectivity index (χ1v) is 6.68. The number of nitrogens with zero attached hydrogens (tertiary/aromatic N) is 4. The van der Waals surface area contributed by atoms with Gasteiger partial charge in [0.15, 0.2) is 0 Å². The first-order chi connectivity index (χ1) is 9.88. The van der Waals surface area contributed by atoms with Gasteiger partial charge in [0, 0.05) is 52.1 Å². The molecule has 0 spiro atoms. The van der Waals surface area contributed by atoms with Crippen LogP contribution >= 0.6 is 0 Å². The van der Waals surface area contributed by atoms with Crippen molar-refractivity contribution in [2.45, 2.75) is 6.54 Å². The van der Waals surface area contributed by atoms with Gasteiger partial charge in [-0.15, -0.1) is 0 Å². The van der Waals surface area contributed by atoms with Gasteiger partial charge < -0.3 is 15.5 Å². The summed E-state index contributed by atoms with van der Waals surface area (Å²) in [6.07, 6.45) is 3.80. The monoisotopic (exact) mass is 287 g/mol. The fourth-order valence-corrected chi connectivity index (χ4v) is 2.21. The van der Waals surface area contributed by atoms with Crippen LogP contribution in [0.5, 0.6) is 0 Å². The maximum absolute atomic E-state index is 11.9. The molecule has 1 aromatic carbocycles. The number of hydrogen-bond donors (Lipinski definition) is 1. The molecule has 1 heterocycles. The van der Waals surface area contributed by atoms with E-state index in [1.54, 1.807) is 30.9 Å². The van der Waals surface area contributed by atoms with Gasteiger partial charge in [0.25, 0.3) is 5.91 Å². The van der Waals surface area contributed by atoms with Crippen molar-refractivity contribution >= 4 is 17.3 Å². The highest BCUT2D eigenvalue weighted by Gasteiger charge is 2.12. The Morgan fingerprint density at radius 1 is 1.33 bits per heavy atom. The van der Waals surface area contributed by atoms with Crippen LogP contribution in [0.25, 0.3) is 0 Å². The summed E-state index contributed by atoms with van der Waals surface area (Å²) in [5, 5.41) is 4.15. The maximum Gasteiger partial charge on any atom is 0.253 e. The van der Waals surface area contributed by atoms with Crippen LogP contribution in [0.2, 0.25) is 0 Å². The Labute approximate surface area is 124 Å². The van der Waals surface area contributed by atoms with E-state index in [0.717, 1.165) is 11.3 Å². The van der Waals surface area contributed by atoms with Gasteiger partial charge in [-0.25, -0.2) is 0 Å². The highest BCUT2D eigenvalue weighted by Crippen LogP contribution is 2.25. The standard InChI is InChI=1S/C15H21N5O/c1-18(2)15(21)12-5-6-14(13(16)7-12)19(3)9-11-8-17-20(4)10-11/h5-8,10H,9,16H2,1-4H3. The number of nitrogens with two attached hydrogens (primary N) is 1. The number of nitrogen functional groups attached to an aromatic ring is 1. The highest BCUT2D eigenvalue weighted by molar-refractivity contribution is 5.95. The molecule has 0 atom stereocenters. The molecule has 0 aliphatic rings. The molecule has 2 rings (SSSR count). The molecule has 0 bridgehead atoms. The fraction of sp³-hybridized carbons (Fsp3) is 0.333. The molecule has 0 aliphatic heterocycles. The van der Waals surface area contributed by atoms with Crippen molar-refractivity contribution in [3.8, 4) is 0 Å². The molecule has 6 heteroatoms. The average molecular weight is 287 g/mol. The molecule has 0 aliphatic carbocycles. The molecule has 0 radical (unpaired) electrons. The number of aromatic nitrogens is 2. The second kappa shape index (κ2) is 5.87. The van der Waals surface area contributed by atoms with Crippen LogP contribution < -0.4 is 10.6 Å². The third-order valence-corrected chi connectivity index (χ3v) is 3.27. The quantitative estimate of drug-likeness (QED) is 0.862. The second-order valence-electron chi connectivity index (χ2n) is 5.35. The first-order valence-electron chi connectivity index (χ1n) is 6.68. The predicted octanol–water partition coefficient (Wildman–Crippen LogP) is 1.34. The van der Waals surface area contributed by atoms with Gasteiger partial charge in [-0.2, -0.15) is 5.10 Å². The number of hydrogen-bond acceptors (Lipinski definition) is 4. The van der Waals surface area contributed by atoms with Crippen molar-refractivity contribution in [1.29, 1.82) is 0 Å². The lowest BCUT2D eigenvalue weighted by Gasteiger charge is -2.21. The van der Waals surface area contributed by atoms with Gasteiger partial charge in [-0.1, -0.05) is 0 Å². The van der Waals surface area contributed by atoms with Crippen LogP contribution in [-0.2, 0) is 13.6 Å². The minimum Gasteiger partial charge on any atom is -0.397 e. The number of benzene rings is 1. The number of anilines is 2. The van der Waals surface area contributed by atoms with E-state index in [2.05, 4.69) is 5.10 Å². The summed E-state index contributed by atoms with van der Waals surface area (Å²) in [5.41, 5.74) is 9.27. The topological polar surface area (TPSA) is 67.4 Å². The minimum absolute atomic E-state index is 0.0526. The molecular formula is C15H21N5O.